The third kappa shape index (κ3) is 25.9. The van der Waals surface area contributed by atoms with E-state index >= 15 is 0 Å². The van der Waals surface area contributed by atoms with Crippen molar-refractivity contribution in [1.29, 1.82) is 0 Å². The Hall–Kier alpha value is -0.570. The number of hydrogen-bond donors (Lipinski definition) is 0. The third-order valence-electron chi connectivity index (χ3n) is 6.78. The molecule has 33 heavy (non-hydrogen) atoms. The first-order valence-corrected chi connectivity index (χ1v) is 15.1. The van der Waals surface area contributed by atoms with Gasteiger partial charge in [-0.15, -0.1) is 0 Å². The summed E-state index contributed by atoms with van der Waals surface area (Å²) in [6.07, 6.45) is 25.2. The zero-order valence-electron chi connectivity index (χ0n) is 23.7. The van der Waals surface area contributed by atoms with E-state index in [2.05, 4.69) is 34.6 Å². The van der Waals surface area contributed by atoms with Gasteiger partial charge < -0.3 is 14.4 Å². The monoisotopic (exact) mass is 469 g/mol. The first-order valence-electron chi connectivity index (χ1n) is 15.1. The van der Waals surface area contributed by atoms with Crippen LogP contribution in [0.4, 0.5) is 0 Å². The summed E-state index contributed by atoms with van der Waals surface area (Å²) >= 11 is 0. The Morgan fingerprint density at radius 1 is 0.455 bits per heavy atom. The highest BCUT2D eigenvalue weighted by molar-refractivity contribution is 5.63. The van der Waals surface area contributed by atoms with E-state index in [-0.39, 0.29) is 6.42 Å². The highest BCUT2D eigenvalue weighted by atomic mass is 16.4. The van der Waals surface area contributed by atoms with Crippen LogP contribution >= 0.6 is 0 Å². The van der Waals surface area contributed by atoms with Gasteiger partial charge in [-0.05, 0) is 38.5 Å². The Morgan fingerprint density at radius 2 is 0.727 bits per heavy atom. The number of quaternary nitrogens is 1. The van der Waals surface area contributed by atoms with Gasteiger partial charge in [-0.2, -0.15) is 0 Å². The Morgan fingerprint density at radius 3 is 0.970 bits per heavy atom. The summed E-state index contributed by atoms with van der Waals surface area (Å²) in [6.45, 7) is 17.1. The molecule has 0 heterocycles. The van der Waals surface area contributed by atoms with Gasteiger partial charge >= 0.3 is 0 Å². The lowest BCUT2D eigenvalue weighted by Crippen LogP contribution is -2.50. The molecule has 0 aliphatic rings. The van der Waals surface area contributed by atoms with E-state index in [1.54, 1.807) is 0 Å². The van der Waals surface area contributed by atoms with Crippen molar-refractivity contribution >= 4 is 5.97 Å². The van der Waals surface area contributed by atoms with Crippen LogP contribution in [0.5, 0.6) is 0 Å². The van der Waals surface area contributed by atoms with Crippen molar-refractivity contribution in [3.8, 4) is 0 Å². The van der Waals surface area contributed by atoms with Gasteiger partial charge in [0.05, 0.1) is 26.2 Å². The maximum absolute atomic E-state index is 10.2. The van der Waals surface area contributed by atoms with Gasteiger partial charge in [-0.25, -0.2) is 0 Å². The number of carbonyl (C=O) groups excluding carboxylic acids is 1. The fourth-order valence-corrected chi connectivity index (χ4v) is 5.21. The summed E-state index contributed by atoms with van der Waals surface area (Å²) in [5, 5.41) is 10.2. The van der Waals surface area contributed by atoms with Gasteiger partial charge in [0.15, 0.2) is 0 Å². The molecule has 0 aromatic rings. The van der Waals surface area contributed by atoms with Gasteiger partial charge in [0.25, 0.3) is 0 Å². The molecule has 200 valence electrons. The van der Waals surface area contributed by atoms with Crippen LogP contribution in [0.3, 0.4) is 0 Å². The highest BCUT2D eigenvalue weighted by Gasteiger charge is 2.22. The van der Waals surface area contributed by atoms with Crippen LogP contribution in [0.1, 0.15) is 163 Å². The highest BCUT2D eigenvalue weighted by Crippen LogP contribution is 2.14. The fourth-order valence-electron chi connectivity index (χ4n) is 5.21. The van der Waals surface area contributed by atoms with E-state index in [1.807, 2.05) is 0 Å². The fraction of sp³-hybridized carbons (Fsp3) is 0.967. The van der Waals surface area contributed by atoms with Gasteiger partial charge in [0, 0.05) is 5.97 Å². The van der Waals surface area contributed by atoms with Crippen LogP contribution in [0.15, 0.2) is 0 Å². The minimum absolute atomic E-state index is 0.234. The van der Waals surface area contributed by atoms with Crippen molar-refractivity contribution in [2.45, 2.75) is 163 Å². The predicted octanol–water partition coefficient (Wildman–Crippen LogP) is 8.44. The maximum atomic E-state index is 10.2. The van der Waals surface area contributed by atoms with E-state index in [0.717, 1.165) is 12.8 Å². The lowest BCUT2D eigenvalue weighted by Gasteiger charge is -2.38. The smallest absolute Gasteiger partial charge is 0.0783 e. The van der Waals surface area contributed by atoms with Gasteiger partial charge in [-0.3, -0.25) is 0 Å². The Labute approximate surface area is 209 Å². The van der Waals surface area contributed by atoms with E-state index < -0.39 is 5.97 Å². The van der Waals surface area contributed by atoms with Crippen molar-refractivity contribution < 1.29 is 14.4 Å². The van der Waals surface area contributed by atoms with Crippen LogP contribution in [0.25, 0.3) is 0 Å². The van der Waals surface area contributed by atoms with Crippen molar-refractivity contribution in [3.63, 3.8) is 0 Å². The normalized spacial score (nSPS) is 11.3. The number of carboxylic acids is 1. The van der Waals surface area contributed by atoms with E-state index in [4.69, 9.17) is 0 Å². The van der Waals surface area contributed by atoms with Crippen LogP contribution in [-0.2, 0) is 4.79 Å². The maximum Gasteiger partial charge on any atom is 0.0783 e. The summed E-state index contributed by atoms with van der Waals surface area (Å²) in [7, 11) is 0. The van der Waals surface area contributed by atoms with Crippen LogP contribution in [0, 0.1) is 0 Å². The number of unbranched alkanes of at least 4 members (excludes halogenated alkanes) is 14. The van der Waals surface area contributed by atoms with Crippen LogP contribution < -0.4 is 5.11 Å². The second-order valence-electron chi connectivity index (χ2n) is 10.3. The third-order valence-corrected chi connectivity index (χ3v) is 6.78. The molecule has 0 fully saturated rings. The van der Waals surface area contributed by atoms with Gasteiger partial charge in [-0.1, -0.05) is 125 Å². The molecule has 0 aromatic heterocycles. The quantitative estimate of drug-likeness (QED) is 0.105. The molecular formula is C30H63NO2. The molecule has 0 bridgehead atoms. The molecule has 0 unspecified atom stereocenters. The Balaban J connectivity index is 0. The summed E-state index contributed by atoms with van der Waals surface area (Å²) in [5.74, 6) is -0.903. The largest absolute Gasteiger partial charge is 0.550 e. The topological polar surface area (TPSA) is 40.1 Å². The molecule has 0 aliphatic carbocycles. The number of nitrogens with zero attached hydrogens (tertiary/aromatic N) is 1. The van der Waals surface area contributed by atoms with Crippen molar-refractivity contribution in [2.75, 3.05) is 26.2 Å². The number of hydrogen-bond acceptors (Lipinski definition) is 2. The molecule has 0 saturated carbocycles. The van der Waals surface area contributed by atoms with E-state index in [0.29, 0.717) is 0 Å². The van der Waals surface area contributed by atoms with Crippen molar-refractivity contribution in [1.82, 2.24) is 0 Å². The number of aliphatic carboxylic acids is 1. The molecule has 0 aliphatic heterocycles. The molecule has 0 aromatic carbocycles. The number of rotatable bonds is 24. The van der Waals surface area contributed by atoms with E-state index in [1.165, 1.54) is 140 Å². The first-order chi connectivity index (χ1) is 16.0. The predicted molar refractivity (Wildman–Crippen MR) is 145 cm³/mol. The van der Waals surface area contributed by atoms with Crippen LogP contribution in [0.2, 0.25) is 0 Å². The minimum Gasteiger partial charge on any atom is -0.550 e. The molecule has 3 heteroatoms. The first kappa shape index (κ1) is 34.6. The molecule has 0 N–H and O–H groups in total. The van der Waals surface area contributed by atoms with Crippen molar-refractivity contribution in [3.05, 3.63) is 0 Å². The molecule has 0 amide bonds. The number of carboxylic acid groups (broad SMARTS) is 1. The summed E-state index contributed by atoms with van der Waals surface area (Å²) in [6, 6.07) is 0. The molecule has 0 saturated heterocycles. The summed E-state index contributed by atoms with van der Waals surface area (Å²) in [5.41, 5.74) is 0. The number of carbonyl (C=O) groups is 1. The summed E-state index contributed by atoms with van der Waals surface area (Å²) < 4.78 is 1.38. The molecule has 3 nitrogen and oxygen atoms in total. The lowest BCUT2D eigenvalue weighted by atomic mass is 10.0. The molecule has 0 rings (SSSR count). The molecule has 0 radical (unpaired) electrons. The standard InChI is InChI=1S/C18H36O2.C12H28N/c1-2-3-4-5-6-7-8-9-10-11-12-13-14-15-16-17-18(19)20;1-5-9-13(10-6-2,11-7-3)12-8-4/h2-17H2,1H3,(H,19,20);5-12H2,1-4H3/q;+1/p-1. The van der Waals surface area contributed by atoms with Gasteiger partial charge in [0.2, 0.25) is 0 Å². The second kappa shape index (κ2) is 27.7. The van der Waals surface area contributed by atoms with Crippen LogP contribution in [-0.4, -0.2) is 36.6 Å². The average molecular weight is 470 g/mol. The van der Waals surface area contributed by atoms with Crippen molar-refractivity contribution in [2.24, 2.45) is 0 Å². The zero-order chi connectivity index (χ0) is 25.0. The minimum atomic E-state index is -0.903. The molecular weight excluding hydrogens is 406 g/mol. The molecule has 0 atom stereocenters. The Kier molecular flexibility index (Phi) is 29.0. The lowest BCUT2D eigenvalue weighted by molar-refractivity contribution is -0.928. The SMILES string of the molecule is CCCCCCCCCCCCCCCCCC(=O)[O-].CCC[N+](CCC)(CCC)CCC. The Bertz CT molecular complexity index is 354. The second-order valence-corrected chi connectivity index (χ2v) is 10.3. The van der Waals surface area contributed by atoms with E-state index in [9.17, 15) is 9.90 Å². The zero-order valence-corrected chi connectivity index (χ0v) is 23.7. The van der Waals surface area contributed by atoms with Gasteiger partial charge in [0.1, 0.15) is 0 Å². The average Bonchev–Trinajstić information content (AvgIpc) is 2.77. The summed E-state index contributed by atoms with van der Waals surface area (Å²) in [4.78, 5) is 10.2. The molecule has 0 spiro atoms.